The first-order valence-corrected chi connectivity index (χ1v) is 22.7. The van der Waals surface area contributed by atoms with Crippen LogP contribution in [0.15, 0.2) is 94.6 Å². The van der Waals surface area contributed by atoms with Crippen LogP contribution in [0.25, 0.3) is 0 Å². The van der Waals surface area contributed by atoms with Crippen molar-refractivity contribution in [3.05, 3.63) is 128 Å². The molecule has 300 valence electrons. The highest BCUT2D eigenvalue weighted by Crippen LogP contribution is 2.58. The van der Waals surface area contributed by atoms with Crippen molar-refractivity contribution in [1.29, 1.82) is 0 Å². The molecule has 14 heteroatoms. The van der Waals surface area contributed by atoms with Crippen LogP contribution >= 0.6 is 30.6 Å². The van der Waals surface area contributed by atoms with Crippen LogP contribution in [-0.2, 0) is 24.4 Å². The smallest absolute Gasteiger partial charge is 0.330 e. The Morgan fingerprint density at radius 1 is 0.875 bits per heavy atom. The van der Waals surface area contributed by atoms with Gasteiger partial charge in [0.25, 0.3) is 5.56 Å². The van der Waals surface area contributed by atoms with Gasteiger partial charge in [-0.05, 0) is 60.7 Å². The van der Waals surface area contributed by atoms with Crippen molar-refractivity contribution in [2.45, 2.75) is 71.0 Å². The fourth-order valence-corrected chi connectivity index (χ4v) is 12.3. The second-order valence-corrected chi connectivity index (χ2v) is 19.6. The number of thioether (sulfide) groups is 1. The molecular weight excluding hydrogens is 770 g/mol. The number of aromatic amines is 1. The van der Waals surface area contributed by atoms with E-state index in [0.29, 0.717) is 17.7 Å². The van der Waals surface area contributed by atoms with E-state index in [1.54, 1.807) is 38.7 Å². The largest absolute Gasteiger partial charge is 0.497 e. The summed E-state index contributed by atoms with van der Waals surface area (Å²) >= 11 is 3.12. The molecule has 56 heavy (non-hydrogen) atoms. The Morgan fingerprint density at radius 2 is 1.46 bits per heavy atom. The summed E-state index contributed by atoms with van der Waals surface area (Å²) in [4.78, 5) is 40.7. The zero-order valence-corrected chi connectivity index (χ0v) is 35.4. The molecule has 2 saturated heterocycles. The molecule has 1 N–H and O–H groups in total. The topological polar surface area (TPSA) is 121 Å². The number of benzene rings is 3. The first-order valence-electron chi connectivity index (χ1n) is 18.9. The Labute approximate surface area is 338 Å². The van der Waals surface area contributed by atoms with Crippen LogP contribution in [-0.4, -0.2) is 77.0 Å². The van der Waals surface area contributed by atoms with E-state index in [-0.39, 0.29) is 11.7 Å². The minimum atomic E-state index is -1.13. The van der Waals surface area contributed by atoms with Gasteiger partial charge >= 0.3 is 5.69 Å². The molecule has 0 amide bonds. The van der Waals surface area contributed by atoms with Gasteiger partial charge in [0.1, 0.15) is 29.4 Å². The number of carbonyl (C=O) groups excluding carboxylic acids is 1. The van der Waals surface area contributed by atoms with E-state index in [1.807, 2.05) is 87.5 Å². The minimum Gasteiger partial charge on any atom is -0.497 e. The molecule has 4 atom stereocenters. The maximum absolute atomic E-state index is 13.2. The van der Waals surface area contributed by atoms with Crippen molar-refractivity contribution < 1.29 is 28.3 Å². The van der Waals surface area contributed by atoms with Crippen LogP contribution in [0.1, 0.15) is 68.5 Å². The summed E-state index contributed by atoms with van der Waals surface area (Å²) in [5, 5.41) is 0.172. The standard InChI is InChI=1S/C42H52N3O8PS2/c1-29-27-45(40(48)43-38(29)46)37-26-35(53-54(44-22-10-11-23-44)56-25-24-55-39(47)41(2,3)4)36(52-37)28-51-42(30-12-8-7-9-13-30,31-14-18-33(49-5)19-15-31)32-16-20-34(50-6)21-17-32/h7-9,12-21,27,35-37H,10-11,22-26,28H2,1-6H3,(H,43,46,48)/t35-,36+,37+,54?/m0/s1. The molecule has 0 radical (unpaired) electrons. The molecule has 2 fully saturated rings. The second kappa shape index (κ2) is 18.9. The van der Waals surface area contributed by atoms with Crippen LogP contribution in [0.5, 0.6) is 11.5 Å². The molecule has 0 spiro atoms. The number of H-pyrrole nitrogens is 1. The fraction of sp³-hybridized carbons (Fsp3) is 0.452. The molecule has 0 aliphatic carbocycles. The number of hydrogen-bond donors (Lipinski definition) is 1. The Kier molecular flexibility index (Phi) is 14.2. The van der Waals surface area contributed by atoms with Crippen molar-refractivity contribution in [3.63, 3.8) is 0 Å². The lowest BCUT2D eigenvalue weighted by atomic mass is 9.80. The van der Waals surface area contributed by atoms with Crippen molar-refractivity contribution in [3.8, 4) is 11.5 Å². The van der Waals surface area contributed by atoms with Crippen molar-refractivity contribution in [2.75, 3.05) is 45.4 Å². The first-order chi connectivity index (χ1) is 26.9. The monoisotopic (exact) mass is 821 g/mol. The highest BCUT2D eigenvalue weighted by Gasteiger charge is 2.44. The van der Waals surface area contributed by atoms with E-state index in [0.717, 1.165) is 59.9 Å². The minimum absolute atomic E-state index is 0.106. The average molecular weight is 822 g/mol. The number of methoxy groups -OCH3 is 2. The lowest BCUT2D eigenvalue weighted by Gasteiger charge is -2.37. The van der Waals surface area contributed by atoms with Gasteiger partial charge in [-0.1, -0.05) is 98.5 Å². The lowest BCUT2D eigenvalue weighted by molar-refractivity contribution is -0.117. The summed E-state index contributed by atoms with van der Waals surface area (Å²) in [5.74, 6) is 2.87. The quantitative estimate of drug-likeness (QED) is 0.0675. The van der Waals surface area contributed by atoms with Gasteiger partial charge in [-0.25, -0.2) is 4.79 Å². The third-order valence-corrected chi connectivity index (χ3v) is 15.6. The van der Waals surface area contributed by atoms with E-state index >= 15 is 0 Å². The highest BCUT2D eigenvalue weighted by atomic mass is 32.7. The third kappa shape index (κ3) is 9.81. The maximum Gasteiger partial charge on any atom is 0.330 e. The third-order valence-electron chi connectivity index (χ3n) is 9.94. The Bertz CT molecular complexity index is 1970. The van der Waals surface area contributed by atoms with Gasteiger partial charge in [0, 0.05) is 48.2 Å². The van der Waals surface area contributed by atoms with Gasteiger partial charge in [0.15, 0.2) is 12.6 Å². The summed E-state index contributed by atoms with van der Waals surface area (Å²) < 4.78 is 36.1. The average Bonchev–Trinajstić information content (AvgIpc) is 3.89. The number of carbonyl (C=O) groups is 1. The predicted octanol–water partition coefficient (Wildman–Crippen LogP) is 7.91. The molecule has 0 bridgehead atoms. The molecule has 3 aromatic carbocycles. The molecule has 6 rings (SSSR count). The zero-order valence-electron chi connectivity index (χ0n) is 32.9. The zero-order chi connectivity index (χ0) is 39.9. The number of aromatic nitrogens is 2. The van der Waals surface area contributed by atoms with Crippen LogP contribution in [0.2, 0.25) is 0 Å². The molecular formula is C42H52N3O8PS2. The van der Waals surface area contributed by atoms with E-state index in [2.05, 4.69) is 21.8 Å². The van der Waals surface area contributed by atoms with Gasteiger partial charge < -0.3 is 23.5 Å². The van der Waals surface area contributed by atoms with Crippen molar-refractivity contribution >= 4 is 35.8 Å². The molecule has 2 aliphatic heterocycles. The summed E-state index contributed by atoms with van der Waals surface area (Å²) in [5.41, 5.74) is 0.606. The Morgan fingerprint density at radius 3 is 2.04 bits per heavy atom. The van der Waals surface area contributed by atoms with E-state index in [4.69, 9.17) is 23.5 Å². The number of nitrogens with zero attached hydrogens (tertiary/aromatic N) is 2. The summed E-state index contributed by atoms with van der Waals surface area (Å²) in [7, 11) is 2.15. The number of ether oxygens (including phenoxy) is 4. The molecule has 4 aromatic rings. The summed E-state index contributed by atoms with van der Waals surface area (Å²) in [6.45, 7) is 9.46. The van der Waals surface area contributed by atoms with Crippen molar-refractivity contribution in [2.24, 2.45) is 5.41 Å². The summed E-state index contributed by atoms with van der Waals surface area (Å²) in [6.07, 6.45) is 2.35. The maximum atomic E-state index is 13.2. The van der Waals surface area contributed by atoms with Gasteiger partial charge in [-0.3, -0.25) is 23.8 Å². The predicted molar refractivity (Wildman–Crippen MR) is 225 cm³/mol. The fourth-order valence-electron chi connectivity index (χ4n) is 6.84. The van der Waals surface area contributed by atoms with E-state index in [9.17, 15) is 14.4 Å². The molecule has 3 heterocycles. The molecule has 1 unspecified atom stereocenters. The SMILES string of the molecule is COc1ccc(C(OC[C@H]2O[C@@H](n3cc(C)c(=O)[nH]c3=O)C[C@@H]2OP(SCCSC(=O)C(C)(C)C)N2CCCC2)(c2ccccc2)c2ccc(OC)cc2)cc1. The molecule has 1 aromatic heterocycles. The number of rotatable bonds is 16. The number of hydrogen-bond acceptors (Lipinski definition) is 11. The second-order valence-electron chi connectivity index (χ2n) is 14.9. The molecule has 2 aliphatic rings. The Balaban J connectivity index is 1.36. The highest BCUT2D eigenvalue weighted by molar-refractivity contribution is 8.53. The van der Waals surface area contributed by atoms with Crippen LogP contribution in [0, 0.1) is 12.3 Å². The van der Waals surface area contributed by atoms with Gasteiger partial charge in [0.05, 0.1) is 26.9 Å². The van der Waals surface area contributed by atoms with Gasteiger partial charge in [0.2, 0.25) is 0 Å². The van der Waals surface area contributed by atoms with E-state index < -0.39 is 48.2 Å². The number of nitrogens with one attached hydrogen (secondary N) is 1. The van der Waals surface area contributed by atoms with E-state index in [1.165, 1.54) is 16.3 Å². The normalized spacial score (nSPS) is 19.6. The van der Waals surface area contributed by atoms with Crippen LogP contribution < -0.4 is 20.7 Å². The molecule has 0 saturated carbocycles. The summed E-state index contributed by atoms with van der Waals surface area (Å²) in [6, 6.07) is 25.8. The lowest BCUT2D eigenvalue weighted by Crippen LogP contribution is -2.38. The van der Waals surface area contributed by atoms with Crippen LogP contribution in [0.4, 0.5) is 0 Å². The Hall–Kier alpha value is -3.42. The van der Waals surface area contributed by atoms with Gasteiger partial charge in [-0.15, -0.1) is 0 Å². The van der Waals surface area contributed by atoms with Crippen LogP contribution in [0.3, 0.4) is 0 Å². The molecule has 11 nitrogen and oxygen atoms in total. The number of aryl methyl sites for hydroxylation is 1. The van der Waals surface area contributed by atoms with Gasteiger partial charge in [-0.2, -0.15) is 0 Å². The van der Waals surface area contributed by atoms with Crippen molar-refractivity contribution in [1.82, 2.24) is 14.2 Å². The first kappa shape index (κ1) is 42.2.